The number of aliphatic hydroxyl groups excluding tert-OH is 11. The molecule has 0 aromatic heterocycles. The van der Waals surface area contributed by atoms with E-state index in [4.69, 9.17) is 23.7 Å². The van der Waals surface area contributed by atoms with Crippen LogP contribution in [-0.2, 0) is 23.7 Å². The zero-order chi connectivity index (χ0) is 25.3. The molecule has 3 heterocycles. The first-order chi connectivity index (χ1) is 16.0. The van der Waals surface area contributed by atoms with Gasteiger partial charge in [0.1, 0.15) is 73.2 Å². The fourth-order valence-electron chi connectivity index (χ4n) is 4.06. The van der Waals surface area contributed by atoms with Gasteiger partial charge >= 0.3 is 0 Å². The Bertz CT molecular complexity index is 635. The van der Waals surface area contributed by atoms with Crippen LogP contribution in [-0.4, -0.2) is 168 Å². The van der Waals surface area contributed by atoms with Crippen molar-refractivity contribution in [3.63, 3.8) is 0 Å². The lowest BCUT2D eigenvalue weighted by atomic mass is 9.96. The molecule has 3 unspecified atom stereocenters. The van der Waals surface area contributed by atoms with Gasteiger partial charge in [0.2, 0.25) is 0 Å². The average Bonchev–Trinajstić information content (AvgIpc) is 2.83. The molecule has 3 aliphatic heterocycles. The standard InChI is InChI=1S/C18H32O16/c19-1-4-7(22)8(23)12(27)17(31-4)34-15-6(3-21)32-18(13(28)10(15)25)33-14-5(2-20)30-16(29)11(26)9(14)24/h4-29H,1-3H2/t4-,5-,6-,7+,8+,9-,10-,11-,12-,13-,14+,15+,16?,17?,18?/m1/s1. The summed E-state index contributed by atoms with van der Waals surface area (Å²) in [7, 11) is 0. The molecule has 0 radical (unpaired) electrons. The largest absolute Gasteiger partial charge is 0.394 e. The average molecular weight is 504 g/mol. The van der Waals surface area contributed by atoms with Crippen LogP contribution in [0.4, 0.5) is 0 Å². The Labute approximate surface area is 192 Å². The molecule has 3 fully saturated rings. The third-order valence-corrected chi connectivity index (χ3v) is 6.09. The van der Waals surface area contributed by atoms with E-state index >= 15 is 0 Å². The molecule has 0 aromatic rings. The van der Waals surface area contributed by atoms with Crippen LogP contribution in [0.25, 0.3) is 0 Å². The maximum Gasteiger partial charge on any atom is 0.187 e. The van der Waals surface area contributed by atoms with Crippen LogP contribution in [0.2, 0.25) is 0 Å². The number of ether oxygens (including phenoxy) is 5. The van der Waals surface area contributed by atoms with Gasteiger partial charge in [0.05, 0.1) is 19.8 Å². The van der Waals surface area contributed by atoms with Crippen LogP contribution in [0.1, 0.15) is 0 Å². The van der Waals surface area contributed by atoms with Crippen molar-refractivity contribution in [1.82, 2.24) is 0 Å². The third kappa shape index (κ3) is 5.37. The van der Waals surface area contributed by atoms with E-state index in [1.165, 1.54) is 0 Å². The lowest BCUT2D eigenvalue weighted by Gasteiger charge is -2.47. The molecule has 0 spiro atoms. The van der Waals surface area contributed by atoms with Crippen LogP contribution in [0, 0.1) is 0 Å². The first-order valence-corrected chi connectivity index (χ1v) is 10.6. The highest BCUT2D eigenvalue weighted by atomic mass is 16.8. The van der Waals surface area contributed by atoms with E-state index in [1.54, 1.807) is 0 Å². The van der Waals surface area contributed by atoms with Crippen molar-refractivity contribution < 1.29 is 79.9 Å². The number of aliphatic hydroxyl groups is 11. The summed E-state index contributed by atoms with van der Waals surface area (Å²) in [6.07, 6.45) is -25.1. The molecule has 0 saturated carbocycles. The topological polar surface area (TPSA) is 269 Å². The number of hydrogen-bond acceptors (Lipinski definition) is 16. The van der Waals surface area contributed by atoms with Crippen molar-refractivity contribution >= 4 is 0 Å². The van der Waals surface area contributed by atoms with Gasteiger partial charge in [-0.15, -0.1) is 0 Å². The second-order valence-electron chi connectivity index (χ2n) is 8.33. The van der Waals surface area contributed by atoms with E-state index in [0.717, 1.165) is 0 Å². The molecule has 15 atom stereocenters. The molecule has 200 valence electrons. The minimum absolute atomic E-state index is 0.741. The van der Waals surface area contributed by atoms with Crippen LogP contribution in [0.3, 0.4) is 0 Å². The summed E-state index contributed by atoms with van der Waals surface area (Å²) in [4.78, 5) is 0. The van der Waals surface area contributed by atoms with Crippen molar-refractivity contribution in [2.75, 3.05) is 19.8 Å². The summed E-state index contributed by atoms with van der Waals surface area (Å²) < 4.78 is 26.4. The second-order valence-corrected chi connectivity index (χ2v) is 8.33. The fraction of sp³-hybridized carbons (Fsp3) is 1.00. The molecule has 3 aliphatic rings. The molecule has 34 heavy (non-hydrogen) atoms. The molecular weight excluding hydrogens is 472 g/mol. The van der Waals surface area contributed by atoms with Gasteiger partial charge in [0, 0.05) is 0 Å². The molecular formula is C18H32O16. The quantitative estimate of drug-likeness (QED) is 0.154. The third-order valence-electron chi connectivity index (χ3n) is 6.09. The lowest BCUT2D eigenvalue weighted by molar-refractivity contribution is -0.377. The van der Waals surface area contributed by atoms with Crippen molar-refractivity contribution in [3.05, 3.63) is 0 Å². The Morgan fingerprint density at radius 3 is 1.35 bits per heavy atom. The Hall–Kier alpha value is -0.640. The first kappa shape index (κ1) is 27.9. The van der Waals surface area contributed by atoms with Crippen molar-refractivity contribution in [3.8, 4) is 0 Å². The predicted molar refractivity (Wildman–Crippen MR) is 101 cm³/mol. The van der Waals surface area contributed by atoms with Gasteiger partial charge in [0.15, 0.2) is 18.9 Å². The zero-order valence-corrected chi connectivity index (χ0v) is 17.7. The van der Waals surface area contributed by atoms with E-state index in [0.29, 0.717) is 0 Å². The number of hydrogen-bond donors (Lipinski definition) is 11. The normalized spacial score (nSPS) is 52.5. The predicted octanol–water partition coefficient (Wildman–Crippen LogP) is -7.57. The van der Waals surface area contributed by atoms with Gasteiger partial charge in [-0.05, 0) is 0 Å². The minimum Gasteiger partial charge on any atom is -0.394 e. The first-order valence-electron chi connectivity index (χ1n) is 10.6. The highest BCUT2D eigenvalue weighted by molar-refractivity contribution is 4.96. The fourth-order valence-corrected chi connectivity index (χ4v) is 4.06. The molecule has 16 nitrogen and oxygen atoms in total. The summed E-state index contributed by atoms with van der Waals surface area (Å²) in [5.41, 5.74) is 0. The van der Waals surface area contributed by atoms with E-state index in [1.807, 2.05) is 0 Å². The Morgan fingerprint density at radius 2 is 0.853 bits per heavy atom. The van der Waals surface area contributed by atoms with Gasteiger partial charge in [-0.25, -0.2) is 0 Å². The smallest absolute Gasteiger partial charge is 0.187 e. The Kier molecular flexibility index (Phi) is 9.54. The highest BCUT2D eigenvalue weighted by Gasteiger charge is 2.53. The van der Waals surface area contributed by atoms with Gasteiger partial charge in [0.25, 0.3) is 0 Å². The summed E-state index contributed by atoms with van der Waals surface area (Å²) in [6.45, 7) is -2.32. The van der Waals surface area contributed by atoms with Gasteiger partial charge in [-0.1, -0.05) is 0 Å². The van der Waals surface area contributed by atoms with Crippen LogP contribution < -0.4 is 0 Å². The van der Waals surface area contributed by atoms with Gasteiger partial charge < -0.3 is 79.9 Å². The van der Waals surface area contributed by atoms with Crippen molar-refractivity contribution in [2.45, 2.75) is 92.1 Å². The van der Waals surface area contributed by atoms with Crippen LogP contribution in [0.15, 0.2) is 0 Å². The highest BCUT2D eigenvalue weighted by Crippen LogP contribution is 2.32. The monoisotopic (exact) mass is 504 g/mol. The van der Waals surface area contributed by atoms with Crippen LogP contribution in [0.5, 0.6) is 0 Å². The summed E-state index contributed by atoms with van der Waals surface area (Å²) >= 11 is 0. The van der Waals surface area contributed by atoms with Crippen LogP contribution >= 0.6 is 0 Å². The molecule has 16 heteroatoms. The van der Waals surface area contributed by atoms with Gasteiger partial charge in [-0.3, -0.25) is 0 Å². The zero-order valence-electron chi connectivity index (χ0n) is 17.7. The van der Waals surface area contributed by atoms with E-state index < -0.39 is 112 Å². The molecule has 3 rings (SSSR count). The van der Waals surface area contributed by atoms with E-state index in [9.17, 15) is 56.2 Å². The van der Waals surface area contributed by atoms with E-state index in [2.05, 4.69) is 0 Å². The summed E-state index contributed by atoms with van der Waals surface area (Å²) in [6, 6.07) is 0. The van der Waals surface area contributed by atoms with Gasteiger partial charge in [-0.2, -0.15) is 0 Å². The van der Waals surface area contributed by atoms with E-state index in [-0.39, 0.29) is 0 Å². The Morgan fingerprint density at radius 1 is 0.441 bits per heavy atom. The number of rotatable bonds is 7. The molecule has 0 bridgehead atoms. The maximum atomic E-state index is 10.6. The molecule has 3 saturated heterocycles. The lowest BCUT2D eigenvalue weighted by Crippen LogP contribution is -2.66. The maximum absolute atomic E-state index is 10.6. The van der Waals surface area contributed by atoms with Crippen molar-refractivity contribution in [2.24, 2.45) is 0 Å². The van der Waals surface area contributed by atoms with Crippen molar-refractivity contribution in [1.29, 1.82) is 0 Å². The second kappa shape index (κ2) is 11.6. The molecule has 0 aliphatic carbocycles. The Balaban J connectivity index is 1.72. The molecule has 11 N–H and O–H groups in total. The summed E-state index contributed by atoms with van der Waals surface area (Å²) in [5, 5.41) is 109. The summed E-state index contributed by atoms with van der Waals surface area (Å²) in [5.74, 6) is 0. The molecule has 0 aromatic carbocycles. The molecule has 0 amide bonds. The SMILES string of the molecule is OC[C@H]1OC(O[C@@H]2[C@H](O)[C@@H](O)C(O[C@@H]3[C@H](O)[C@@H](O)C(O)O[C@@H]3CO)O[C@@H]2CO)[C@H](O)[C@@H](O)[C@H]1O. The minimum atomic E-state index is -1.91.